The Hall–Kier alpha value is -2.70. The van der Waals surface area contributed by atoms with Crippen molar-refractivity contribution in [3.05, 3.63) is 70.5 Å². The van der Waals surface area contributed by atoms with E-state index in [0.29, 0.717) is 23.1 Å². The van der Waals surface area contributed by atoms with Gasteiger partial charge < -0.3 is 9.47 Å². The Morgan fingerprint density at radius 2 is 1.84 bits per heavy atom. The average molecular weight is 456 g/mol. The van der Waals surface area contributed by atoms with Crippen LogP contribution >= 0.6 is 11.6 Å². The molecule has 1 aliphatic rings. The summed E-state index contributed by atoms with van der Waals surface area (Å²) in [7, 11) is 3.23. The molecule has 1 aliphatic heterocycles. The van der Waals surface area contributed by atoms with E-state index >= 15 is 0 Å². The molecule has 0 saturated carbocycles. The van der Waals surface area contributed by atoms with E-state index in [1.165, 1.54) is 12.1 Å². The van der Waals surface area contributed by atoms with Crippen LogP contribution < -0.4 is 9.47 Å². The smallest absolute Gasteiger partial charge is 0.162 e. The van der Waals surface area contributed by atoms with E-state index in [4.69, 9.17) is 26.1 Å². The van der Waals surface area contributed by atoms with Crippen LogP contribution in [0.2, 0.25) is 5.02 Å². The molecule has 1 atom stereocenters. The van der Waals surface area contributed by atoms with E-state index in [1.54, 1.807) is 32.4 Å². The topological polar surface area (TPSA) is 47.5 Å². The van der Waals surface area contributed by atoms with Gasteiger partial charge in [-0.15, -0.1) is 0 Å². The van der Waals surface area contributed by atoms with Crippen LogP contribution in [0.3, 0.4) is 0 Å². The molecule has 0 bridgehead atoms. The van der Waals surface area contributed by atoms with E-state index in [1.807, 2.05) is 19.2 Å². The molecule has 2 heterocycles. The number of ether oxygens (including phenoxy) is 2. The molecule has 1 saturated heterocycles. The summed E-state index contributed by atoms with van der Waals surface area (Å²) in [5, 5.41) is 0.662. The summed E-state index contributed by atoms with van der Waals surface area (Å²) < 4.78 is 24.3. The lowest BCUT2D eigenvalue weighted by Crippen LogP contribution is -2.34. The number of rotatable bonds is 6. The van der Waals surface area contributed by atoms with Crippen LogP contribution in [-0.2, 0) is 6.54 Å². The van der Waals surface area contributed by atoms with E-state index in [-0.39, 0.29) is 11.7 Å². The van der Waals surface area contributed by atoms with Crippen molar-refractivity contribution in [2.24, 2.45) is 0 Å². The second kappa shape index (κ2) is 9.84. The number of benzene rings is 2. The SMILES string of the molecule is COc1cc(Cl)c(CN2CCC[C@H](c3nc(C)ncc3-c3ccc(F)cc3)C2)cc1OC. The summed E-state index contributed by atoms with van der Waals surface area (Å²) in [4.78, 5) is 11.6. The van der Waals surface area contributed by atoms with Gasteiger partial charge in [0.25, 0.3) is 0 Å². The third-order valence-electron chi connectivity index (χ3n) is 5.93. The maximum atomic E-state index is 13.4. The van der Waals surface area contributed by atoms with Crippen molar-refractivity contribution in [3.63, 3.8) is 0 Å². The number of halogens is 2. The Balaban J connectivity index is 1.59. The summed E-state index contributed by atoms with van der Waals surface area (Å²) in [5.41, 5.74) is 3.92. The molecule has 0 amide bonds. The molecule has 32 heavy (non-hydrogen) atoms. The van der Waals surface area contributed by atoms with Gasteiger partial charge in [-0.1, -0.05) is 23.7 Å². The lowest BCUT2D eigenvalue weighted by atomic mass is 9.89. The molecule has 7 heteroatoms. The van der Waals surface area contributed by atoms with Gasteiger partial charge in [0.15, 0.2) is 11.5 Å². The summed E-state index contributed by atoms with van der Waals surface area (Å²) in [5.74, 6) is 2.04. The zero-order chi connectivity index (χ0) is 22.7. The van der Waals surface area contributed by atoms with Crippen molar-refractivity contribution < 1.29 is 13.9 Å². The summed E-state index contributed by atoms with van der Waals surface area (Å²) in [6, 6.07) is 10.3. The molecule has 0 N–H and O–H groups in total. The van der Waals surface area contributed by atoms with Gasteiger partial charge in [-0.25, -0.2) is 14.4 Å². The molecule has 4 rings (SSSR count). The predicted molar refractivity (Wildman–Crippen MR) is 124 cm³/mol. The van der Waals surface area contributed by atoms with E-state index in [9.17, 15) is 4.39 Å². The molecule has 1 aromatic heterocycles. The first-order valence-electron chi connectivity index (χ1n) is 10.7. The van der Waals surface area contributed by atoms with Gasteiger partial charge in [0.2, 0.25) is 0 Å². The predicted octanol–water partition coefficient (Wildman–Crippen LogP) is 5.64. The fraction of sp³-hybridized carbons (Fsp3) is 0.360. The first kappa shape index (κ1) is 22.5. The van der Waals surface area contributed by atoms with E-state index < -0.39 is 0 Å². The number of nitrogens with zero attached hydrogens (tertiary/aromatic N) is 3. The highest BCUT2D eigenvalue weighted by molar-refractivity contribution is 6.31. The molecule has 2 aromatic carbocycles. The molecular formula is C25H27ClFN3O2. The van der Waals surface area contributed by atoms with E-state index in [2.05, 4.69) is 9.88 Å². The number of aryl methyl sites for hydroxylation is 1. The van der Waals surface area contributed by atoms with Crippen molar-refractivity contribution in [2.45, 2.75) is 32.2 Å². The number of likely N-dealkylation sites (tertiary alicyclic amines) is 1. The van der Waals surface area contributed by atoms with Crippen LogP contribution in [0.5, 0.6) is 11.5 Å². The monoisotopic (exact) mass is 455 g/mol. The van der Waals surface area contributed by atoms with Crippen molar-refractivity contribution in [3.8, 4) is 22.6 Å². The minimum atomic E-state index is -0.251. The van der Waals surface area contributed by atoms with Gasteiger partial charge in [-0.05, 0) is 55.6 Å². The fourth-order valence-electron chi connectivity index (χ4n) is 4.33. The summed E-state index contributed by atoms with van der Waals surface area (Å²) >= 11 is 6.54. The van der Waals surface area contributed by atoms with Crippen LogP contribution in [0, 0.1) is 12.7 Å². The minimum absolute atomic E-state index is 0.251. The zero-order valence-electron chi connectivity index (χ0n) is 18.6. The highest BCUT2D eigenvalue weighted by Crippen LogP contribution is 2.36. The van der Waals surface area contributed by atoms with Crippen molar-refractivity contribution in [1.82, 2.24) is 14.9 Å². The fourth-order valence-corrected chi connectivity index (χ4v) is 4.54. The number of hydrogen-bond donors (Lipinski definition) is 0. The Kier molecular flexibility index (Phi) is 6.92. The van der Waals surface area contributed by atoms with Gasteiger partial charge in [0.1, 0.15) is 11.6 Å². The third kappa shape index (κ3) is 4.87. The third-order valence-corrected chi connectivity index (χ3v) is 6.28. The Labute approximate surface area is 193 Å². The lowest BCUT2D eigenvalue weighted by molar-refractivity contribution is 0.198. The zero-order valence-corrected chi connectivity index (χ0v) is 19.3. The van der Waals surface area contributed by atoms with Crippen molar-refractivity contribution in [1.29, 1.82) is 0 Å². The highest BCUT2D eigenvalue weighted by Gasteiger charge is 2.26. The van der Waals surface area contributed by atoms with E-state index in [0.717, 1.165) is 54.1 Å². The standard InChI is InChI=1S/C25H27ClFN3O2/c1-16-28-13-21(17-6-8-20(27)9-7-17)25(29-16)18-5-4-10-30(14-18)15-19-11-23(31-2)24(32-3)12-22(19)26/h6-9,11-13,18H,4-5,10,14-15H2,1-3H3/t18-/m0/s1. The van der Waals surface area contributed by atoms with Crippen molar-refractivity contribution in [2.75, 3.05) is 27.3 Å². The Morgan fingerprint density at radius 3 is 2.56 bits per heavy atom. The number of hydrogen-bond acceptors (Lipinski definition) is 5. The van der Waals surface area contributed by atoms with Gasteiger partial charge >= 0.3 is 0 Å². The molecule has 168 valence electrons. The molecular weight excluding hydrogens is 429 g/mol. The molecule has 0 spiro atoms. The van der Waals surface area contributed by atoms with Crippen LogP contribution in [0.1, 0.15) is 35.8 Å². The quantitative estimate of drug-likeness (QED) is 0.481. The largest absolute Gasteiger partial charge is 0.493 e. The normalized spacial score (nSPS) is 16.7. The first-order chi connectivity index (χ1) is 15.5. The molecule has 1 fully saturated rings. The second-order valence-electron chi connectivity index (χ2n) is 8.10. The molecule has 0 aliphatic carbocycles. The van der Waals surface area contributed by atoms with Crippen LogP contribution in [0.15, 0.2) is 42.6 Å². The number of methoxy groups -OCH3 is 2. The van der Waals surface area contributed by atoms with Gasteiger partial charge in [0.05, 0.1) is 19.9 Å². The lowest BCUT2D eigenvalue weighted by Gasteiger charge is -2.33. The first-order valence-corrected chi connectivity index (χ1v) is 11.1. The van der Waals surface area contributed by atoms with Crippen LogP contribution in [0.25, 0.3) is 11.1 Å². The van der Waals surface area contributed by atoms with Gasteiger partial charge in [-0.2, -0.15) is 0 Å². The Bertz CT molecular complexity index is 1090. The summed E-state index contributed by atoms with van der Waals surface area (Å²) in [6.45, 7) is 4.46. The number of aromatic nitrogens is 2. The Morgan fingerprint density at radius 1 is 1.12 bits per heavy atom. The highest BCUT2D eigenvalue weighted by atomic mass is 35.5. The molecule has 0 radical (unpaired) electrons. The maximum absolute atomic E-state index is 13.4. The second-order valence-corrected chi connectivity index (χ2v) is 8.50. The molecule has 3 aromatic rings. The van der Waals surface area contributed by atoms with Gasteiger partial charge in [0, 0.05) is 41.9 Å². The minimum Gasteiger partial charge on any atom is -0.493 e. The van der Waals surface area contributed by atoms with Crippen LogP contribution in [-0.4, -0.2) is 42.2 Å². The van der Waals surface area contributed by atoms with Crippen LogP contribution in [0.4, 0.5) is 4.39 Å². The maximum Gasteiger partial charge on any atom is 0.162 e. The molecule has 5 nitrogen and oxygen atoms in total. The summed E-state index contributed by atoms with van der Waals surface area (Å²) in [6.07, 6.45) is 3.96. The number of piperidine rings is 1. The average Bonchev–Trinajstić information content (AvgIpc) is 2.81. The van der Waals surface area contributed by atoms with Gasteiger partial charge in [-0.3, -0.25) is 4.90 Å². The molecule has 0 unspecified atom stereocenters. The van der Waals surface area contributed by atoms with Crippen molar-refractivity contribution >= 4 is 11.6 Å².